The topological polar surface area (TPSA) is 56.4 Å². The van der Waals surface area contributed by atoms with Gasteiger partial charge in [0.25, 0.3) is 0 Å². The predicted molar refractivity (Wildman–Crippen MR) is 144 cm³/mol. The molecule has 3 rings (SSSR count). The smallest absolute Gasteiger partial charge is 0.245 e. The standard InChI is InChI=1S/C28H40N4OS/c1-28(2,3)25(26(33)32(4)20-22-15-9-6-10-16-22)31-27(34)30-24-18-12-11-17-23(24)29-19-21-13-7-5-8-14-21/h5-10,13-16,23-25,29H,11-12,17-20H2,1-4H3,(H2,30,31,34)/t23-,24-,25?/m0/s1. The van der Waals surface area contributed by atoms with Crippen LogP contribution in [0.2, 0.25) is 0 Å². The monoisotopic (exact) mass is 480 g/mol. The molecule has 0 aromatic heterocycles. The highest BCUT2D eigenvalue weighted by molar-refractivity contribution is 7.80. The van der Waals surface area contributed by atoms with Crippen LogP contribution in [-0.2, 0) is 17.9 Å². The summed E-state index contributed by atoms with van der Waals surface area (Å²) in [7, 11) is 1.86. The molecule has 1 aliphatic rings. The lowest BCUT2D eigenvalue weighted by atomic mass is 9.85. The Morgan fingerprint density at radius 1 is 0.971 bits per heavy atom. The van der Waals surface area contributed by atoms with E-state index in [2.05, 4.69) is 61.0 Å². The minimum absolute atomic E-state index is 0.0444. The number of nitrogens with one attached hydrogen (secondary N) is 3. The molecule has 34 heavy (non-hydrogen) atoms. The van der Waals surface area contributed by atoms with Gasteiger partial charge < -0.3 is 20.9 Å². The molecule has 184 valence electrons. The first-order chi connectivity index (χ1) is 16.2. The molecule has 0 radical (unpaired) electrons. The minimum atomic E-state index is -0.416. The average Bonchev–Trinajstić information content (AvgIpc) is 2.82. The van der Waals surface area contributed by atoms with Gasteiger partial charge in [0, 0.05) is 32.2 Å². The molecule has 3 N–H and O–H groups in total. The van der Waals surface area contributed by atoms with Gasteiger partial charge in [0.15, 0.2) is 5.11 Å². The van der Waals surface area contributed by atoms with Crippen LogP contribution in [0.15, 0.2) is 60.7 Å². The maximum atomic E-state index is 13.4. The van der Waals surface area contributed by atoms with Crippen LogP contribution in [-0.4, -0.2) is 41.1 Å². The fourth-order valence-corrected chi connectivity index (χ4v) is 4.81. The molecule has 0 bridgehead atoms. The first-order valence-electron chi connectivity index (χ1n) is 12.4. The summed E-state index contributed by atoms with van der Waals surface area (Å²) in [5.41, 5.74) is 2.11. The third kappa shape index (κ3) is 7.81. The van der Waals surface area contributed by atoms with Gasteiger partial charge in [0.2, 0.25) is 5.91 Å². The Hall–Kier alpha value is -2.44. The Bertz CT molecular complexity index is 913. The van der Waals surface area contributed by atoms with Crippen molar-refractivity contribution in [3.63, 3.8) is 0 Å². The van der Waals surface area contributed by atoms with Crippen molar-refractivity contribution in [1.82, 2.24) is 20.9 Å². The molecule has 1 amide bonds. The number of carbonyl (C=O) groups excluding carboxylic acids is 1. The molecule has 0 spiro atoms. The highest BCUT2D eigenvalue weighted by Gasteiger charge is 2.35. The molecule has 0 saturated heterocycles. The molecule has 6 heteroatoms. The summed E-state index contributed by atoms with van der Waals surface area (Å²) in [4.78, 5) is 15.2. The second-order valence-electron chi connectivity index (χ2n) is 10.5. The number of amides is 1. The molecule has 2 aromatic carbocycles. The van der Waals surface area contributed by atoms with E-state index in [0.29, 0.717) is 17.7 Å². The van der Waals surface area contributed by atoms with Gasteiger partial charge in [0.05, 0.1) is 0 Å². The summed E-state index contributed by atoms with van der Waals surface area (Å²) in [6.07, 6.45) is 4.59. The Labute approximate surface area is 210 Å². The van der Waals surface area contributed by atoms with E-state index < -0.39 is 6.04 Å². The van der Waals surface area contributed by atoms with Crippen molar-refractivity contribution in [3.05, 3.63) is 71.8 Å². The van der Waals surface area contributed by atoms with E-state index in [4.69, 9.17) is 12.2 Å². The van der Waals surface area contributed by atoms with Crippen LogP contribution >= 0.6 is 12.2 Å². The summed E-state index contributed by atoms with van der Waals surface area (Å²) in [6, 6.07) is 20.7. The molecule has 3 atom stereocenters. The molecule has 5 nitrogen and oxygen atoms in total. The van der Waals surface area contributed by atoms with Crippen molar-refractivity contribution in [2.75, 3.05) is 7.05 Å². The van der Waals surface area contributed by atoms with Crippen molar-refractivity contribution < 1.29 is 4.79 Å². The van der Waals surface area contributed by atoms with Gasteiger partial charge in [-0.3, -0.25) is 4.79 Å². The number of benzene rings is 2. The van der Waals surface area contributed by atoms with Gasteiger partial charge in [-0.2, -0.15) is 0 Å². The van der Waals surface area contributed by atoms with Crippen molar-refractivity contribution >= 4 is 23.2 Å². The van der Waals surface area contributed by atoms with Gasteiger partial charge in [-0.1, -0.05) is 94.3 Å². The number of thiocarbonyl (C=S) groups is 1. The third-order valence-electron chi connectivity index (χ3n) is 6.52. The van der Waals surface area contributed by atoms with Crippen molar-refractivity contribution in [2.45, 2.75) is 77.7 Å². The number of likely N-dealkylation sites (N-methyl/N-ethyl adjacent to an activating group) is 1. The number of hydrogen-bond acceptors (Lipinski definition) is 3. The van der Waals surface area contributed by atoms with Gasteiger partial charge in [-0.05, 0) is 41.6 Å². The third-order valence-corrected chi connectivity index (χ3v) is 6.76. The number of rotatable bonds is 8. The summed E-state index contributed by atoms with van der Waals surface area (Å²) in [6.45, 7) is 7.64. The van der Waals surface area contributed by atoms with Crippen LogP contribution in [0.3, 0.4) is 0 Å². The van der Waals surface area contributed by atoms with E-state index in [0.717, 1.165) is 24.9 Å². The van der Waals surface area contributed by atoms with Crippen LogP contribution in [0.5, 0.6) is 0 Å². The van der Waals surface area contributed by atoms with Crippen LogP contribution in [0, 0.1) is 5.41 Å². The van der Waals surface area contributed by atoms with Crippen molar-refractivity contribution in [1.29, 1.82) is 0 Å². The fraction of sp³-hybridized carbons (Fsp3) is 0.500. The number of hydrogen-bond donors (Lipinski definition) is 3. The quantitative estimate of drug-likeness (QED) is 0.481. The van der Waals surface area contributed by atoms with E-state index >= 15 is 0 Å². The van der Waals surface area contributed by atoms with Crippen LogP contribution in [0.4, 0.5) is 0 Å². The summed E-state index contributed by atoms with van der Waals surface area (Å²) < 4.78 is 0. The Morgan fingerprint density at radius 3 is 2.12 bits per heavy atom. The Kier molecular flexibility index (Phi) is 9.48. The highest BCUT2D eigenvalue weighted by Crippen LogP contribution is 2.23. The molecule has 1 aliphatic carbocycles. The lowest BCUT2D eigenvalue weighted by molar-refractivity contribution is -0.134. The maximum absolute atomic E-state index is 13.4. The molecule has 1 saturated carbocycles. The molecule has 2 aromatic rings. The Balaban J connectivity index is 1.60. The fourth-order valence-electron chi connectivity index (χ4n) is 4.54. The average molecular weight is 481 g/mol. The minimum Gasteiger partial charge on any atom is -0.358 e. The zero-order valence-electron chi connectivity index (χ0n) is 21.0. The second kappa shape index (κ2) is 12.3. The van der Waals surface area contributed by atoms with E-state index in [1.807, 2.05) is 43.4 Å². The van der Waals surface area contributed by atoms with Gasteiger partial charge >= 0.3 is 0 Å². The largest absolute Gasteiger partial charge is 0.358 e. The second-order valence-corrected chi connectivity index (χ2v) is 10.9. The van der Waals surface area contributed by atoms with E-state index in [1.165, 1.54) is 18.4 Å². The van der Waals surface area contributed by atoms with Crippen LogP contribution in [0.25, 0.3) is 0 Å². The van der Waals surface area contributed by atoms with Crippen LogP contribution < -0.4 is 16.0 Å². The Morgan fingerprint density at radius 2 is 1.53 bits per heavy atom. The van der Waals surface area contributed by atoms with Crippen molar-refractivity contribution in [2.24, 2.45) is 5.41 Å². The van der Waals surface area contributed by atoms with Crippen molar-refractivity contribution in [3.8, 4) is 0 Å². The summed E-state index contributed by atoms with van der Waals surface area (Å²) in [5.74, 6) is 0.0444. The number of nitrogens with zero attached hydrogens (tertiary/aromatic N) is 1. The number of carbonyl (C=O) groups is 1. The molecule has 0 aliphatic heterocycles. The predicted octanol–water partition coefficient (Wildman–Crippen LogP) is 4.62. The molecular weight excluding hydrogens is 440 g/mol. The first-order valence-corrected chi connectivity index (χ1v) is 12.8. The van der Waals surface area contributed by atoms with Crippen LogP contribution in [0.1, 0.15) is 57.6 Å². The normalized spacial score (nSPS) is 19.2. The zero-order valence-corrected chi connectivity index (χ0v) is 21.8. The zero-order chi connectivity index (χ0) is 24.6. The van der Waals surface area contributed by atoms with E-state index in [9.17, 15) is 4.79 Å². The van der Waals surface area contributed by atoms with Gasteiger partial charge in [0.1, 0.15) is 6.04 Å². The first kappa shape index (κ1) is 26.2. The SMILES string of the molecule is CN(Cc1ccccc1)C(=O)C(NC(=S)N[C@H]1CCCC[C@@H]1NCc1ccccc1)C(C)(C)C. The highest BCUT2D eigenvalue weighted by atomic mass is 32.1. The van der Waals surface area contributed by atoms with E-state index in [1.54, 1.807) is 4.90 Å². The molecule has 1 fully saturated rings. The summed E-state index contributed by atoms with van der Waals surface area (Å²) >= 11 is 5.73. The summed E-state index contributed by atoms with van der Waals surface area (Å²) in [5, 5.41) is 11.2. The lowest BCUT2D eigenvalue weighted by Gasteiger charge is -2.37. The lowest BCUT2D eigenvalue weighted by Crippen LogP contribution is -2.59. The molecular formula is C28H40N4OS. The molecule has 1 unspecified atom stereocenters. The maximum Gasteiger partial charge on any atom is 0.245 e. The van der Waals surface area contributed by atoms with E-state index in [-0.39, 0.29) is 17.4 Å². The van der Waals surface area contributed by atoms with Gasteiger partial charge in [-0.25, -0.2) is 0 Å². The van der Waals surface area contributed by atoms with Gasteiger partial charge in [-0.15, -0.1) is 0 Å². The molecule has 0 heterocycles.